The van der Waals surface area contributed by atoms with Crippen LogP contribution in [0.3, 0.4) is 0 Å². The molecule has 0 bridgehead atoms. The van der Waals surface area contributed by atoms with E-state index in [0.29, 0.717) is 0 Å². The van der Waals surface area contributed by atoms with Crippen molar-refractivity contribution in [3.05, 3.63) is 146 Å². The molecule has 4 aromatic carbocycles. The predicted molar refractivity (Wildman–Crippen MR) is 172 cm³/mol. The molecule has 4 heteroatoms. The highest BCUT2D eigenvalue weighted by Gasteiger charge is 2.13. The van der Waals surface area contributed by atoms with Gasteiger partial charge in [-0.3, -0.25) is 9.97 Å². The number of aromatic nitrogens is 4. The topological polar surface area (TPSA) is 51.6 Å². The molecular weight excluding hydrogens is 512 g/mol. The second-order valence-electron chi connectivity index (χ2n) is 10.4. The normalized spacial score (nSPS) is 11.3. The van der Waals surface area contributed by atoms with E-state index < -0.39 is 0 Å². The van der Waals surface area contributed by atoms with E-state index in [0.717, 1.165) is 45.0 Å². The molecule has 4 aromatic heterocycles. The quantitative estimate of drug-likeness (QED) is 0.210. The van der Waals surface area contributed by atoms with Gasteiger partial charge in [-0.05, 0) is 93.0 Å². The summed E-state index contributed by atoms with van der Waals surface area (Å²) >= 11 is 0. The van der Waals surface area contributed by atoms with Crippen molar-refractivity contribution in [3.8, 4) is 45.0 Å². The van der Waals surface area contributed by atoms with Crippen molar-refractivity contribution in [2.75, 3.05) is 0 Å². The zero-order chi connectivity index (χ0) is 27.9. The molecule has 42 heavy (non-hydrogen) atoms. The largest absolute Gasteiger partial charge is 0.264 e. The van der Waals surface area contributed by atoms with Crippen LogP contribution in [0.1, 0.15) is 0 Å². The minimum absolute atomic E-state index is 0.915. The third-order valence-corrected chi connectivity index (χ3v) is 7.84. The Hall–Kier alpha value is -5.74. The molecule has 0 amide bonds. The lowest BCUT2D eigenvalue weighted by molar-refractivity contribution is 1.28. The summed E-state index contributed by atoms with van der Waals surface area (Å²) in [6, 6.07) is 42.3. The molecule has 0 aliphatic carbocycles. The zero-order valence-electron chi connectivity index (χ0n) is 22.6. The van der Waals surface area contributed by atoms with Crippen molar-refractivity contribution in [2.45, 2.75) is 0 Å². The Bertz CT molecular complexity index is 2060. The van der Waals surface area contributed by atoms with E-state index in [1.165, 1.54) is 32.3 Å². The summed E-state index contributed by atoms with van der Waals surface area (Å²) in [6.45, 7) is 0. The van der Waals surface area contributed by atoms with E-state index in [1.54, 1.807) is 12.4 Å². The van der Waals surface area contributed by atoms with Crippen LogP contribution in [0, 0.1) is 0 Å². The second kappa shape index (κ2) is 10.0. The highest BCUT2D eigenvalue weighted by Crippen LogP contribution is 2.38. The van der Waals surface area contributed by atoms with Gasteiger partial charge in [-0.1, -0.05) is 60.7 Å². The van der Waals surface area contributed by atoms with Gasteiger partial charge in [0, 0.05) is 47.0 Å². The number of rotatable bonds is 4. The fraction of sp³-hybridized carbons (Fsp3) is 0. The van der Waals surface area contributed by atoms with Crippen LogP contribution in [0.2, 0.25) is 0 Å². The Morgan fingerprint density at radius 3 is 1.17 bits per heavy atom. The Labute approximate surface area is 243 Å². The molecule has 8 aromatic rings. The lowest BCUT2D eigenvalue weighted by Gasteiger charge is -2.13. The van der Waals surface area contributed by atoms with Crippen molar-refractivity contribution in [1.82, 2.24) is 19.9 Å². The molecule has 4 nitrogen and oxygen atoms in total. The van der Waals surface area contributed by atoms with Crippen LogP contribution in [-0.4, -0.2) is 19.9 Å². The summed E-state index contributed by atoms with van der Waals surface area (Å²) in [5.74, 6) is 0. The van der Waals surface area contributed by atoms with E-state index >= 15 is 0 Å². The minimum atomic E-state index is 0.915. The minimum Gasteiger partial charge on any atom is -0.264 e. The fourth-order valence-electron chi connectivity index (χ4n) is 5.82. The first-order valence-electron chi connectivity index (χ1n) is 14.0. The fourth-order valence-corrected chi connectivity index (χ4v) is 5.82. The monoisotopic (exact) mass is 536 g/mol. The average Bonchev–Trinajstić information content (AvgIpc) is 3.09. The van der Waals surface area contributed by atoms with Crippen LogP contribution in [-0.2, 0) is 0 Å². The van der Waals surface area contributed by atoms with E-state index in [9.17, 15) is 0 Å². The van der Waals surface area contributed by atoms with Gasteiger partial charge < -0.3 is 0 Å². The SMILES string of the molecule is c1cncc(-c2cccc(-c3ccc4c5ccc(-c6cccc(-c7cccnc7)n6)cc5c5ccccc5c4c3)n2)c1. The van der Waals surface area contributed by atoms with Gasteiger partial charge in [-0.25, -0.2) is 9.97 Å². The highest BCUT2D eigenvalue weighted by molar-refractivity contribution is 6.26. The van der Waals surface area contributed by atoms with Crippen LogP contribution in [0.4, 0.5) is 0 Å². The number of hydrogen-bond donors (Lipinski definition) is 0. The number of hydrogen-bond acceptors (Lipinski definition) is 4. The first-order chi connectivity index (χ1) is 20.8. The third kappa shape index (κ3) is 4.18. The molecule has 8 rings (SSSR count). The van der Waals surface area contributed by atoms with Gasteiger partial charge >= 0.3 is 0 Å². The maximum Gasteiger partial charge on any atom is 0.0725 e. The summed E-state index contributed by atoms with van der Waals surface area (Å²) in [5.41, 5.74) is 7.91. The van der Waals surface area contributed by atoms with Gasteiger partial charge in [0.05, 0.1) is 22.8 Å². The highest BCUT2D eigenvalue weighted by atomic mass is 14.7. The lowest BCUT2D eigenvalue weighted by Crippen LogP contribution is -1.91. The molecule has 196 valence electrons. The molecule has 0 N–H and O–H groups in total. The maximum atomic E-state index is 4.99. The lowest BCUT2D eigenvalue weighted by atomic mass is 9.91. The van der Waals surface area contributed by atoms with E-state index in [-0.39, 0.29) is 0 Å². The van der Waals surface area contributed by atoms with Crippen LogP contribution >= 0.6 is 0 Å². The van der Waals surface area contributed by atoms with Gasteiger partial charge in [0.15, 0.2) is 0 Å². The number of nitrogens with zero attached hydrogens (tertiary/aromatic N) is 4. The van der Waals surface area contributed by atoms with Crippen LogP contribution < -0.4 is 0 Å². The van der Waals surface area contributed by atoms with Crippen molar-refractivity contribution in [2.24, 2.45) is 0 Å². The van der Waals surface area contributed by atoms with Crippen molar-refractivity contribution >= 4 is 32.3 Å². The van der Waals surface area contributed by atoms with Crippen molar-refractivity contribution in [3.63, 3.8) is 0 Å². The average molecular weight is 537 g/mol. The van der Waals surface area contributed by atoms with Gasteiger partial charge in [0.1, 0.15) is 0 Å². The Balaban J connectivity index is 1.28. The molecule has 0 aliphatic heterocycles. The summed E-state index contributed by atoms with van der Waals surface area (Å²) in [5, 5.41) is 7.32. The molecule has 0 spiro atoms. The summed E-state index contributed by atoms with van der Waals surface area (Å²) < 4.78 is 0. The van der Waals surface area contributed by atoms with E-state index in [4.69, 9.17) is 9.97 Å². The molecule has 4 heterocycles. The Morgan fingerprint density at radius 1 is 0.310 bits per heavy atom. The molecular formula is C38H24N4. The first kappa shape index (κ1) is 24.1. The third-order valence-electron chi connectivity index (χ3n) is 7.84. The van der Waals surface area contributed by atoms with Gasteiger partial charge in [0.2, 0.25) is 0 Å². The van der Waals surface area contributed by atoms with Gasteiger partial charge in [-0.2, -0.15) is 0 Å². The summed E-state index contributed by atoms with van der Waals surface area (Å²) in [6.07, 6.45) is 7.27. The van der Waals surface area contributed by atoms with Crippen LogP contribution in [0.15, 0.2) is 146 Å². The summed E-state index contributed by atoms with van der Waals surface area (Å²) in [7, 11) is 0. The smallest absolute Gasteiger partial charge is 0.0725 e. The zero-order valence-corrected chi connectivity index (χ0v) is 22.6. The van der Waals surface area contributed by atoms with Crippen molar-refractivity contribution in [1.29, 1.82) is 0 Å². The van der Waals surface area contributed by atoms with E-state index in [2.05, 4.69) is 94.9 Å². The standard InChI is InChI=1S/C38H24N4/c1-2-10-30-29(9-1)33-21-25(35-11-3-13-37(41-35)27-7-5-19-39-23-27)15-17-31(33)32-18-16-26(22-34(30)32)36-12-4-14-38(42-36)28-8-6-20-40-24-28/h1-24H. The van der Waals surface area contributed by atoms with E-state index in [1.807, 2.05) is 48.8 Å². The van der Waals surface area contributed by atoms with Crippen molar-refractivity contribution < 1.29 is 0 Å². The van der Waals surface area contributed by atoms with Crippen LogP contribution in [0.5, 0.6) is 0 Å². The first-order valence-corrected chi connectivity index (χ1v) is 14.0. The molecule has 0 radical (unpaired) electrons. The molecule has 0 fully saturated rings. The van der Waals surface area contributed by atoms with Gasteiger partial charge in [0.25, 0.3) is 0 Å². The number of benzene rings is 4. The Morgan fingerprint density at radius 2 is 0.738 bits per heavy atom. The summed E-state index contributed by atoms with van der Waals surface area (Å²) in [4.78, 5) is 18.5. The number of fused-ring (bicyclic) bond motifs is 6. The Kier molecular flexibility index (Phi) is 5.75. The second-order valence-corrected chi connectivity index (χ2v) is 10.4. The predicted octanol–water partition coefficient (Wildman–Crippen LogP) is 9.39. The molecule has 0 atom stereocenters. The number of pyridine rings is 4. The molecule has 0 saturated heterocycles. The van der Waals surface area contributed by atoms with Gasteiger partial charge in [-0.15, -0.1) is 0 Å². The molecule has 0 aliphatic rings. The molecule has 0 saturated carbocycles. The molecule has 0 unspecified atom stereocenters. The maximum absolute atomic E-state index is 4.99. The van der Waals surface area contributed by atoms with Crippen LogP contribution in [0.25, 0.3) is 77.3 Å².